The molecule has 1 heterocycles. The number of hydrogen-bond donors (Lipinski definition) is 1. The summed E-state index contributed by atoms with van der Waals surface area (Å²) in [7, 11) is 0. The van der Waals surface area contributed by atoms with Gasteiger partial charge in [0, 0.05) is 11.1 Å². The first-order valence-electron chi connectivity index (χ1n) is 6.54. The van der Waals surface area contributed by atoms with Gasteiger partial charge in [-0.05, 0) is 53.1 Å². The van der Waals surface area contributed by atoms with Gasteiger partial charge in [-0.2, -0.15) is 0 Å². The van der Waals surface area contributed by atoms with Crippen LogP contribution >= 0.6 is 0 Å². The molecule has 1 unspecified atom stereocenters. The molecule has 17 heavy (non-hydrogen) atoms. The number of aryl methyl sites for hydroxylation is 1. The fraction of sp³-hybridized carbons (Fsp3) is 0.600. The van der Waals surface area contributed by atoms with Gasteiger partial charge < -0.3 is 10.1 Å². The Hall–Kier alpha value is -1.02. The second-order valence-corrected chi connectivity index (χ2v) is 5.53. The summed E-state index contributed by atoms with van der Waals surface area (Å²) in [4.78, 5) is 0. The van der Waals surface area contributed by atoms with E-state index in [1.54, 1.807) is 0 Å². The molecule has 0 radical (unpaired) electrons. The molecule has 0 aromatic heterocycles. The number of benzene rings is 1. The van der Waals surface area contributed by atoms with E-state index in [9.17, 15) is 0 Å². The summed E-state index contributed by atoms with van der Waals surface area (Å²) in [5.74, 6) is 1.03. The topological polar surface area (TPSA) is 21.3 Å². The van der Waals surface area contributed by atoms with E-state index in [4.69, 9.17) is 4.74 Å². The van der Waals surface area contributed by atoms with Gasteiger partial charge in [0.1, 0.15) is 5.75 Å². The first kappa shape index (κ1) is 12.4. The Morgan fingerprint density at radius 3 is 2.71 bits per heavy atom. The zero-order valence-electron chi connectivity index (χ0n) is 11.3. The number of hydrogen-bond acceptors (Lipinski definition) is 2. The maximum Gasteiger partial charge on any atom is 0.124 e. The number of nitrogens with one attached hydrogen (secondary N) is 1. The quantitative estimate of drug-likeness (QED) is 0.864. The zero-order chi connectivity index (χ0) is 12.5. The van der Waals surface area contributed by atoms with Crippen molar-refractivity contribution in [1.29, 1.82) is 0 Å². The summed E-state index contributed by atoms with van der Waals surface area (Å²) in [5.41, 5.74) is 2.69. The fourth-order valence-corrected chi connectivity index (χ4v) is 2.56. The summed E-state index contributed by atoms with van der Waals surface area (Å²) in [6.07, 6.45) is 2.65. The van der Waals surface area contributed by atoms with Crippen LogP contribution in [0.4, 0.5) is 0 Å². The SMILES string of the molecule is Cc1ccc(OC(C)C)c(C2(C)CCCN2)c1. The van der Waals surface area contributed by atoms with E-state index in [0.717, 1.165) is 12.3 Å². The third kappa shape index (κ3) is 2.63. The fourth-order valence-electron chi connectivity index (χ4n) is 2.56. The smallest absolute Gasteiger partial charge is 0.124 e. The second-order valence-electron chi connectivity index (χ2n) is 5.53. The summed E-state index contributed by atoms with van der Waals surface area (Å²) >= 11 is 0. The summed E-state index contributed by atoms with van der Waals surface area (Å²) in [6.45, 7) is 9.68. The van der Waals surface area contributed by atoms with E-state index in [-0.39, 0.29) is 11.6 Å². The molecule has 0 amide bonds. The predicted octanol–water partition coefficient (Wildman–Crippen LogP) is 3.38. The summed E-state index contributed by atoms with van der Waals surface area (Å²) < 4.78 is 5.94. The van der Waals surface area contributed by atoms with Crippen molar-refractivity contribution in [3.63, 3.8) is 0 Å². The number of rotatable bonds is 3. The Balaban J connectivity index is 2.39. The largest absolute Gasteiger partial charge is 0.491 e. The highest BCUT2D eigenvalue weighted by Crippen LogP contribution is 2.37. The van der Waals surface area contributed by atoms with Crippen LogP contribution in [-0.4, -0.2) is 12.6 Å². The molecule has 2 nitrogen and oxygen atoms in total. The van der Waals surface area contributed by atoms with E-state index >= 15 is 0 Å². The second kappa shape index (κ2) is 4.69. The van der Waals surface area contributed by atoms with Crippen molar-refractivity contribution in [3.05, 3.63) is 29.3 Å². The van der Waals surface area contributed by atoms with Crippen molar-refractivity contribution in [1.82, 2.24) is 5.32 Å². The van der Waals surface area contributed by atoms with E-state index in [0.29, 0.717) is 0 Å². The lowest BCUT2D eigenvalue weighted by molar-refractivity contribution is 0.233. The molecule has 0 aliphatic carbocycles. The maximum absolute atomic E-state index is 5.94. The molecule has 0 spiro atoms. The lowest BCUT2D eigenvalue weighted by Crippen LogP contribution is -2.34. The minimum atomic E-state index is 0.0796. The molecule has 1 aliphatic rings. The van der Waals surface area contributed by atoms with Gasteiger partial charge in [-0.3, -0.25) is 0 Å². The molecule has 1 aliphatic heterocycles. The molecule has 1 aromatic rings. The monoisotopic (exact) mass is 233 g/mol. The van der Waals surface area contributed by atoms with Crippen LogP contribution < -0.4 is 10.1 Å². The van der Waals surface area contributed by atoms with Crippen LogP contribution in [0.15, 0.2) is 18.2 Å². The van der Waals surface area contributed by atoms with Crippen LogP contribution in [-0.2, 0) is 5.54 Å². The number of ether oxygens (including phenoxy) is 1. The first-order valence-corrected chi connectivity index (χ1v) is 6.54. The van der Waals surface area contributed by atoms with Crippen molar-refractivity contribution >= 4 is 0 Å². The normalized spacial score (nSPS) is 24.3. The van der Waals surface area contributed by atoms with E-state index in [1.807, 2.05) is 0 Å². The molecule has 1 atom stereocenters. The summed E-state index contributed by atoms with van der Waals surface area (Å²) in [6, 6.07) is 6.49. The third-order valence-corrected chi connectivity index (χ3v) is 3.46. The van der Waals surface area contributed by atoms with Gasteiger partial charge in [-0.15, -0.1) is 0 Å². The molecule has 2 heteroatoms. The minimum absolute atomic E-state index is 0.0796. The molecule has 0 saturated carbocycles. The highest BCUT2D eigenvalue weighted by atomic mass is 16.5. The molecule has 0 bridgehead atoms. The maximum atomic E-state index is 5.94. The van der Waals surface area contributed by atoms with Crippen LogP contribution in [0.5, 0.6) is 5.75 Å². The molecular weight excluding hydrogens is 210 g/mol. The van der Waals surface area contributed by atoms with Crippen LogP contribution in [0.1, 0.15) is 44.7 Å². The third-order valence-electron chi connectivity index (χ3n) is 3.46. The van der Waals surface area contributed by atoms with Gasteiger partial charge in [-0.1, -0.05) is 17.7 Å². The average molecular weight is 233 g/mol. The van der Waals surface area contributed by atoms with Crippen molar-refractivity contribution in [3.8, 4) is 5.75 Å². The molecule has 1 N–H and O–H groups in total. The van der Waals surface area contributed by atoms with Gasteiger partial charge in [0.2, 0.25) is 0 Å². The van der Waals surface area contributed by atoms with Crippen LogP contribution in [0, 0.1) is 6.92 Å². The van der Waals surface area contributed by atoms with Crippen LogP contribution in [0.2, 0.25) is 0 Å². The molecular formula is C15H23NO. The molecule has 1 saturated heterocycles. The molecule has 1 fully saturated rings. The van der Waals surface area contributed by atoms with Crippen molar-refractivity contribution in [2.24, 2.45) is 0 Å². The molecule has 2 rings (SSSR count). The Bertz CT molecular complexity index is 392. The van der Waals surface area contributed by atoms with Gasteiger partial charge in [0.05, 0.1) is 6.10 Å². The van der Waals surface area contributed by atoms with Gasteiger partial charge in [0.15, 0.2) is 0 Å². The Morgan fingerprint density at radius 2 is 2.12 bits per heavy atom. The summed E-state index contributed by atoms with van der Waals surface area (Å²) in [5, 5.41) is 3.61. The highest BCUT2D eigenvalue weighted by molar-refractivity contribution is 5.42. The predicted molar refractivity (Wildman–Crippen MR) is 71.5 cm³/mol. The average Bonchev–Trinajstić information content (AvgIpc) is 2.68. The standard InChI is InChI=1S/C15H23NO/c1-11(2)17-14-7-6-12(3)10-13(14)15(4)8-5-9-16-15/h6-7,10-11,16H,5,8-9H2,1-4H3. The zero-order valence-corrected chi connectivity index (χ0v) is 11.3. The first-order chi connectivity index (χ1) is 8.01. The van der Waals surface area contributed by atoms with Gasteiger partial charge >= 0.3 is 0 Å². The Morgan fingerprint density at radius 1 is 1.35 bits per heavy atom. The Kier molecular flexibility index (Phi) is 3.43. The minimum Gasteiger partial charge on any atom is -0.491 e. The van der Waals surface area contributed by atoms with Crippen molar-refractivity contribution < 1.29 is 4.74 Å². The van der Waals surface area contributed by atoms with E-state index in [1.165, 1.54) is 24.0 Å². The van der Waals surface area contributed by atoms with Gasteiger partial charge in [0.25, 0.3) is 0 Å². The van der Waals surface area contributed by atoms with E-state index < -0.39 is 0 Å². The van der Waals surface area contributed by atoms with Gasteiger partial charge in [-0.25, -0.2) is 0 Å². The highest BCUT2D eigenvalue weighted by Gasteiger charge is 2.32. The van der Waals surface area contributed by atoms with E-state index in [2.05, 4.69) is 51.2 Å². The molecule has 1 aromatic carbocycles. The van der Waals surface area contributed by atoms with Crippen molar-refractivity contribution in [2.75, 3.05) is 6.54 Å². The lowest BCUT2D eigenvalue weighted by atomic mass is 9.88. The molecule has 94 valence electrons. The Labute approximate surface area is 104 Å². The van der Waals surface area contributed by atoms with Crippen LogP contribution in [0.3, 0.4) is 0 Å². The lowest BCUT2D eigenvalue weighted by Gasteiger charge is -2.28. The van der Waals surface area contributed by atoms with Crippen LogP contribution in [0.25, 0.3) is 0 Å². The van der Waals surface area contributed by atoms with Crippen molar-refractivity contribution in [2.45, 2.75) is 52.2 Å².